The molecule has 0 radical (unpaired) electrons. The summed E-state index contributed by atoms with van der Waals surface area (Å²) in [5.41, 5.74) is 0. The zero-order valence-electron chi connectivity index (χ0n) is 28.6. The van der Waals surface area contributed by atoms with Gasteiger partial charge in [-0.3, -0.25) is 0 Å². The molecule has 9 atom stereocenters. The van der Waals surface area contributed by atoms with Crippen LogP contribution in [0.1, 0.15) is 144 Å². The summed E-state index contributed by atoms with van der Waals surface area (Å²) in [6.45, 7) is 14.8. The van der Waals surface area contributed by atoms with E-state index >= 15 is 0 Å². The van der Waals surface area contributed by atoms with Crippen molar-refractivity contribution < 1.29 is 25.8 Å². The fraction of sp³-hybridized carbons (Fsp3) is 0.947. The maximum atomic E-state index is 6.97. The van der Waals surface area contributed by atoms with Gasteiger partial charge in [0, 0.05) is 36.6 Å². The number of halogens is 2. The van der Waals surface area contributed by atoms with Crippen molar-refractivity contribution in [1.82, 2.24) is 5.32 Å². The summed E-state index contributed by atoms with van der Waals surface area (Å²) in [6, 6.07) is 2.11. The first-order valence-corrected chi connectivity index (χ1v) is 19.5. The van der Waals surface area contributed by atoms with Crippen molar-refractivity contribution in [2.45, 2.75) is 179 Å². The van der Waals surface area contributed by atoms with Crippen molar-refractivity contribution in [3.8, 4) is 0 Å². The molecule has 0 aromatic carbocycles. The molecule has 0 bridgehead atoms. The van der Waals surface area contributed by atoms with Gasteiger partial charge in [-0.25, -0.2) is 0 Å². The van der Waals surface area contributed by atoms with E-state index in [1.165, 1.54) is 89.9 Å². The fourth-order valence-electron chi connectivity index (χ4n) is 10.2. The Balaban J connectivity index is 0.00000165. The molecule has 5 heteroatoms. The minimum atomic E-state index is 0. The molecule has 1 saturated heterocycles. The number of nitrogens with zero attached hydrogens (tertiary/aromatic N) is 1. The molecule has 5 rings (SSSR count). The van der Waals surface area contributed by atoms with E-state index in [4.69, 9.17) is 28.5 Å². The molecule has 1 heterocycles. The first-order valence-electron chi connectivity index (χ1n) is 18.6. The summed E-state index contributed by atoms with van der Waals surface area (Å²) in [5, 5.41) is 11.2. The second kappa shape index (κ2) is 19.4. The van der Waals surface area contributed by atoms with Crippen LogP contribution in [0, 0.1) is 60.7 Å². The maximum Gasteiger partial charge on any atom is 0.0340 e. The van der Waals surface area contributed by atoms with Crippen LogP contribution < -0.4 is 5.32 Å². The van der Waals surface area contributed by atoms with Crippen LogP contribution in [0.15, 0.2) is 0 Å². The summed E-state index contributed by atoms with van der Waals surface area (Å²) in [7, 11) is 0. The second-order valence-electron chi connectivity index (χ2n) is 15.6. The topological polar surface area (TPSA) is 26.1 Å². The molecule has 0 amide bonds. The van der Waals surface area contributed by atoms with Gasteiger partial charge in [-0.15, -0.1) is 35.3 Å². The van der Waals surface area contributed by atoms with Gasteiger partial charge < -0.3 is 24.0 Å². The second-order valence-corrected chi connectivity index (χ2v) is 16.9. The molecule has 2 nitrogen and oxygen atoms in total. The monoisotopic (exact) mass is 801 g/mol. The van der Waals surface area contributed by atoms with Crippen molar-refractivity contribution in [3.05, 3.63) is 18.7 Å². The molecule has 0 aromatic heterocycles. The van der Waals surface area contributed by atoms with Crippen LogP contribution in [-0.4, -0.2) is 34.9 Å². The van der Waals surface area contributed by atoms with E-state index in [1.54, 1.807) is 6.92 Å². The zero-order chi connectivity index (χ0) is 30.2. The Morgan fingerprint density at radius 1 is 0.698 bits per heavy atom. The first kappa shape index (κ1) is 38.8. The summed E-state index contributed by atoms with van der Waals surface area (Å²) in [6.07, 6.45) is 25.5. The molecule has 1 N–H and O–H groups in total. The van der Waals surface area contributed by atoms with Crippen LogP contribution in [-0.2, 0) is 25.8 Å². The van der Waals surface area contributed by atoms with Crippen LogP contribution >= 0.6 is 23.2 Å². The van der Waals surface area contributed by atoms with Gasteiger partial charge in [-0.1, -0.05) is 110 Å². The number of rotatable bonds is 8. The molecular weight excluding hydrogens is 734 g/mol. The number of nitrogens with one attached hydrogen (secondary N) is 1. The van der Waals surface area contributed by atoms with Crippen LogP contribution in [0.2, 0.25) is 0 Å². The summed E-state index contributed by atoms with van der Waals surface area (Å²) < 4.78 is 0. The fourth-order valence-corrected chi connectivity index (χ4v) is 10.9. The van der Waals surface area contributed by atoms with Gasteiger partial charge in [-0.2, -0.15) is 19.3 Å². The Hall–Kier alpha value is 1.37. The van der Waals surface area contributed by atoms with Crippen molar-refractivity contribution in [2.75, 3.05) is 0 Å². The predicted molar refractivity (Wildman–Crippen MR) is 185 cm³/mol. The molecule has 4 saturated carbocycles. The summed E-state index contributed by atoms with van der Waals surface area (Å²) in [4.78, 5) is 0. The third-order valence-electron chi connectivity index (χ3n) is 12.5. The molecule has 250 valence electrons. The average molecular weight is 801 g/mol. The Morgan fingerprint density at radius 3 is 1.93 bits per heavy atom. The summed E-state index contributed by atoms with van der Waals surface area (Å²) in [5.74, 6) is 5.83. The van der Waals surface area contributed by atoms with E-state index < -0.39 is 0 Å². The molecule has 1 aliphatic heterocycles. The Labute approximate surface area is 297 Å². The first-order chi connectivity index (χ1) is 20.3. The number of alkyl halides is 2. The molecule has 0 aromatic rings. The van der Waals surface area contributed by atoms with E-state index in [0.717, 1.165) is 37.0 Å². The quantitative estimate of drug-likeness (QED) is 0.148. The van der Waals surface area contributed by atoms with Crippen molar-refractivity contribution in [2.24, 2.45) is 47.3 Å². The average Bonchev–Trinajstić information content (AvgIpc) is 3.02. The van der Waals surface area contributed by atoms with E-state index in [0.29, 0.717) is 64.5 Å². The molecule has 9 unspecified atom stereocenters. The van der Waals surface area contributed by atoms with Crippen LogP contribution in [0.5, 0.6) is 0 Å². The van der Waals surface area contributed by atoms with Crippen molar-refractivity contribution in [1.29, 1.82) is 0 Å². The van der Waals surface area contributed by atoms with Crippen molar-refractivity contribution in [3.63, 3.8) is 0 Å². The Morgan fingerprint density at radius 2 is 1.33 bits per heavy atom. The number of hydrogen-bond acceptors (Lipinski definition) is 1. The molecule has 5 fully saturated rings. The van der Waals surface area contributed by atoms with Gasteiger partial charge in [0.15, 0.2) is 0 Å². The number of hydrogen-bond donors (Lipinski definition) is 1. The summed E-state index contributed by atoms with van der Waals surface area (Å²) >= 11 is 13.5. The molecule has 4 aliphatic carbocycles. The smallest absolute Gasteiger partial charge is 0.0340 e. The van der Waals surface area contributed by atoms with E-state index in [-0.39, 0.29) is 25.8 Å². The SMILES string of the molecule is CC(C)C1CC(Cl)CC(C(C)C)C1[N-]C(C1CCCC(C2[CH-]CC(Cl)CC2)N1)C1CCCCC1C1CCCCC1.[CH2-]C.[Hf]. The van der Waals surface area contributed by atoms with Gasteiger partial charge in [-0.05, 0) is 74.3 Å². The Bertz CT molecular complexity index is 732. The van der Waals surface area contributed by atoms with Gasteiger partial charge in [0.1, 0.15) is 0 Å². The van der Waals surface area contributed by atoms with Crippen LogP contribution in [0.4, 0.5) is 0 Å². The minimum Gasteiger partial charge on any atom is -0.655 e. The van der Waals surface area contributed by atoms with E-state index in [1.807, 2.05) is 0 Å². The number of piperidine rings is 1. The van der Waals surface area contributed by atoms with E-state index in [9.17, 15) is 0 Å². The van der Waals surface area contributed by atoms with Crippen LogP contribution in [0.25, 0.3) is 5.32 Å². The third-order valence-corrected chi connectivity index (χ3v) is 13.2. The van der Waals surface area contributed by atoms with Crippen LogP contribution in [0.3, 0.4) is 0 Å². The van der Waals surface area contributed by atoms with Gasteiger partial charge in [0.25, 0.3) is 0 Å². The minimum absolute atomic E-state index is 0. The third kappa shape index (κ3) is 10.4. The normalized spacial score (nSPS) is 40.3. The Kier molecular flexibility index (Phi) is 17.5. The standard InChI is InChI=1S/C36H62Cl2N2.C2H5.Hf/c1-23(2)31-21-28(38)22-32(24(3)4)35(31)40-36(30-14-9-8-13-29(30)25-11-6-5-7-12-25)34-16-10-15-33(39-34)26-17-19-27(37)20-18-26;1-2;/h17,23-36,39H,5-16,18-22H2,1-4H3;1H2,2H3;/q-2;-1;. The largest absolute Gasteiger partial charge is 0.655 e. The molecule has 43 heavy (non-hydrogen) atoms. The molecule has 0 spiro atoms. The molecular formula is C38H67Cl2HfN2-3. The van der Waals surface area contributed by atoms with Gasteiger partial charge in [0.2, 0.25) is 0 Å². The van der Waals surface area contributed by atoms with Crippen molar-refractivity contribution >= 4 is 23.2 Å². The van der Waals surface area contributed by atoms with Gasteiger partial charge >= 0.3 is 0 Å². The van der Waals surface area contributed by atoms with E-state index in [2.05, 4.69) is 46.4 Å². The predicted octanol–water partition coefficient (Wildman–Crippen LogP) is 11.4. The molecule has 5 aliphatic rings. The van der Waals surface area contributed by atoms with Gasteiger partial charge in [0.05, 0.1) is 0 Å². The maximum absolute atomic E-state index is 6.97. The zero-order valence-corrected chi connectivity index (χ0v) is 33.7.